The first-order valence-corrected chi connectivity index (χ1v) is 12.3. The number of para-hydroxylation sites is 4. The number of benzene rings is 5. The summed E-state index contributed by atoms with van der Waals surface area (Å²) in [4.78, 5) is 0. The van der Waals surface area contributed by atoms with Crippen molar-refractivity contribution >= 4 is 71.3 Å². The summed E-state index contributed by atoms with van der Waals surface area (Å²) in [6.07, 6.45) is 0. The van der Waals surface area contributed by atoms with Crippen LogP contribution < -0.4 is 0 Å². The van der Waals surface area contributed by atoms with Crippen molar-refractivity contribution in [2.24, 2.45) is 0 Å². The third kappa shape index (κ3) is 2.74. The van der Waals surface area contributed by atoms with Crippen LogP contribution in [-0.2, 0) is 0 Å². The summed E-state index contributed by atoms with van der Waals surface area (Å²) in [5, 5.41) is 5.28. The topological polar surface area (TPSA) is 18.1 Å². The lowest BCUT2D eigenvalue weighted by atomic mass is 9.99. The largest absolute Gasteiger partial charge is 0.455 e. The maximum Gasteiger partial charge on any atom is 0.144 e. The second-order valence-corrected chi connectivity index (χ2v) is 9.66. The average Bonchev–Trinajstić information content (AvgIpc) is 3.42. The van der Waals surface area contributed by atoms with E-state index in [1.54, 1.807) is 0 Å². The fraction of sp³-hybridized carbons (Fsp3) is 0. The Morgan fingerprint density at radius 1 is 0.647 bits per heavy atom. The van der Waals surface area contributed by atoms with Crippen LogP contribution in [0.4, 0.5) is 0 Å². The standard InChI is InChI=1S/C30H17BrClNO/c31-23-17-16-21(30-28(23)22-9-2-6-15-27(22)34-30)20-11-7-10-19-18-8-1-4-13-25(18)33(29(19)20)26-14-5-3-12-24(26)32/h1-17H. The van der Waals surface area contributed by atoms with Crippen molar-refractivity contribution in [3.8, 4) is 16.8 Å². The van der Waals surface area contributed by atoms with Gasteiger partial charge in [-0.05, 0) is 36.4 Å². The number of aromatic nitrogens is 1. The van der Waals surface area contributed by atoms with Gasteiger partial charge in [-0.2, -0.15) is 0 Å². The molecule has 0 amide bonds. The number of furan rings is 1. The van der Waals surface area contributed by atoms with E-state index in [0.29, 0.717) is 5.02 Å². The van der Waals surface area contributed by atoms with Gasteiger partial charge in [0.05, 0.1) is 21.7 Å². The Bertz CT molecular complexity index is 1900. The molecule has 2 nitrogen and oxygen atoms in total. The second-order valence-electron chi connectivity index (χ2n) is 8.40. The highest BCUT2D eigenvalue weighted by molar-refractivity contribution is 9.10. The zero-order chi connectivity index (χ0) is 22.8. The highest BCUT2D eigenvalue weighted by atomic mass is 79.9. The molecule has 0 atom stereocenters. The van der Waals surface area contributed by atoms with Gasteiger partial charge in [0, 0.05) is 37.1 Å². The summed E-state index contributed by atoms with van der Waals surface area (Å²) in [5.41, 5.74) is 7.10. The fourth-order valence-corrected chi connectivity index (χ4v) is 5.87. The molecule has 0 spiro atoms. The number of halogens is 2. The van der Waals surface area contributed by atoms with Crippen molar-refractivity contribution in [2.45, 2.75) is 0 Å². The first-order valence-electron chi connectivity index (χ1n) is 11.1. The van der Waals surface area contributed by atoms with Gasteiger partial charge in [-0.15, -0.1) is 0 Å². The lowest BCUT2D eigenvalue weighted by molar-refractivity contribution is 0.670. The Balaban J connectivity index is 1.68. The molecule has 34 heavy (non-hydrogen) atoms. The van der Waals surface area contributed by atoms with Crippen molar-refractivity contribution in [1.29, 1.82) is 0 Å². The molecule has 162 valence electrons. The van der Waals surface area contributed by atoms with Gasteiger partial charge >= 0.3 is 0 Å². The van der Waals surface area contributed by atoms with Crippen LogP contribution in [0, 0.1) is 0 Å². The van der Waals surface area contributed by atoms with Crippen LogP contribution in [-0.4, -0.2) is 4.57 Å². The Hall–Kier alpha value is -3.53. The van der Waals surface area contributed by atoms with Gasteiger partial charge in [0.15, 0.2) is 0 Å². The maximum absolute atomic E-state index is 6.74. The summed E-state index contributed by atoms with van der Waals surface area (Å²) < 4.78 is 9.75. The van der Waals surface area contributed by atoms with E-state index in [9.17, 15) is 0 Å². The van der Waals surface area contributed by atoms with Gasteiger partial charge in [-0.3, -0.25) is 0 Å². The van der Waals surface area contributed by atoms with Crippen LogP contribution >= 0.6 is 27.5 Å². The van der Waals surface area contributed by atoms with E-state index in [1.807, 2.05) is 36.4 Å². The molecule has 2 heterocycles. The molecule has 5 aromatic carbocycles. The molecule has 0 saturated carbocycles. The molecule has 7 rings (SSSR count). The van der Waals surface area contributed by atoms with Crippen LogP contribution in [0.15, 0.2) is 112 Å². The number of hydrogen-bond donors (Lipinski definition) is 0. The van der Waals surface area contributed by atoms with Gasteiger partial charge in [-0.1, -0.05) is 94.3 Å². The number of nitrogens with zero attached hydrogens (tertiary/aromatic N) is 1. The van der Waals surface area contributed by atoms with E-state index < -0.39 is 0 Å². The van der Waals surface area contributed by atoms with E-state index in [0.717, 1.165) is 54.3 Å². The first kappa shape index (κ1) is 19.9. The van der Waals surface area contributed by atoms with Gasteiger partial charge in [-0.25, -0.2) is 0 Å². The minimum absolute atomic E-state index is 0.713. The summed E-state index contributed by atoms with van der Waals surface area (Å²) in [6, 6.07) is 35.4. The maximum atomic E-state index is 6.74. The molecule has 0 unspecified atom stereocenters. The van der Waals surface area contributed by atoms with Crippen molar-refractivity contribution in [3.05, 3.63) is 113 Å². The van der Waals surface area contributed by atoms with E-state index >= 15 is 0 Å². The van der Waals surface area contributed by atoms with E-state index in [-0.39, 0.29) is 0 Å². The predicted molar refractivity (Wildman–Crippen MR) is 146 cm³/mol. The smallest absolute Gasteiger partial charge is 0.144 e. The summed E-state index contributed by atoms with van der Waals surface area (Å²) in [7, 11) is 0. The number of fused-ring (bicyclic) bond motifs is 6. The van der Waals surface area contributed by atoms with E-state index in [4.69, 9.17) is 16.0 Å². The van der Waals surface area contributed by atoms with Crippen molar-refractivity contribution in [2.75, 3.05) is 0 Å². The Morgan fingerprint density at radius 3 is 2.26 bits per heavy atom. The van der Waals surface area contributed by atoms with Crippen molar-refractivity contribution in [1.82, 2.24) is 4.57 Å². The number of hydrogen-bond acceptors (Lipinski definition) is 1. The monoisotopic (exact) mass is 521 g/mol. The summed E-state index contributed by atoms with van der Waals surface area (Å²) in [6.45, 7) is 0. The molecule has 0 aliphatic heterocycles. The third-order valence-corrected chi connectivity index (χ3v) is 7.53. The van der Waals surface area contributed by atoms with Gasteiger partial charge in [0.25, 0.3) is 0 Å². The third-order valence-electron chi connectivity index (χ3n) is 6.55. The molecule has 0 fully saturated rings. The minimum atomic E-state index is 0.713. The first-order chi connectivity index (χ1) is 16.7. The normalized spacial score (nSPS) is 11.8. The Kier molecular flexibility index (Phi) is 4.38. The Labute approximate surface area is 209 Å². The molecule has 0 N–H and O–H groups in total. The van der Waals surface area contributed by atoms with Crippen LogP contribution in [0.25, 0.3) is 60.6 Å². The van der Waals surface area contributed by atoms with E-state index in [1.165, 1.54) is 10.8 Å². The average molecular weight is 523 g/mol. The van der Waals surface area contributed by atoms with E-state index in [2.05, 4.69) is 87.2 Å². The van der Waals surface area contributed by atoms with Crippen LogP contribution in [0.2, 0.25) is 5.02 Å². The minimum Gasteiger partial charge on any atom is -0.455 e. The SMILES string of the molecule is Clc1ccccc1-n1c2ccccc2c2cccc(-c3ccc(Br)c4c3oc3ccccc34)c21. The van der Waals surface area contributed by atoms with Crippen LogP contribution in [0.3, 0.4) is 0 Å². The molecule has 0 aliphatic rings. The lowest BCUT2D eigenvalue weighted by Crippen LogP contribution is -1.96. The van der Waals surface area contributed by atoms with Gasteiger partial charge < -0.3 is 8.98 Å². The molecule has 0 saturated heterocycles. The zero-order valence-corrected chi connectivity index (χ0v) is 20.3. The lowest BCUT2D eigenvalue weighted by Gasteiger charge is -2.13. The molecular formula is C30H17BrClNO. The number of rotatable bonds is 2. The zero-order valence-electron chi connectivity index (χ0n) is 17.9. The van der Waals surface area contributed by atoms with Crippen LogP contribution in [0.5, 0.6) is 0 Å². The quantitative estimate of drug-likeness (QED) is 0.221. The molecule has 4 heteroatoms. The fourth-order valence-electron chi connectivity index (χ4n) is 5.12. The van der Waals surface area contributed by atoms with Gasteiger partial charge in [0.1, 0.15) is 11.2 Å². The molecule has 2 aromatic heterocycles. The summed E-state index contributed by atoms with van der Waals surface area (Å²) >= 11 is 10.5. The van der Waals surface area contributed by atoms with Crippen LogP contribution in [0.1, 0.15) is 0 Å². The van der Waals surface area contributed by atoms with Crippen molar-refractivity contribution < 1.29 is 4.42 Å². The highest BCUT2D eigenvalue weighted by Crippen LogP contribution is 2.44. The molecule has 7 aromatic rings. The summed E-state index contributed by atoms with van der Waals surface area (Å²) in [5.74, 6) is 0. The molecular weight excluding hydrogens is 506 g/mol. The second kappa shape index (κ2) is 7.49. The molecule has 0 aliphatic carbocycles. The highest BCUT2D eigenvalue weighted by Gasteiger charge is 2.21. The molecule has 0 bridgehead atoms. The predicted octanol–water partition coefficient (Wildman–Crippen LogP) is 9.77. The van der Waals surface area contributed by atoms with Gasteiger partial charge in [0.2, 0.25) is 0 Å². The van der Waals surface area contributed by atoms with Crippen molar-refractivity contribution in [3.63, 3.8) is 0 Å². The molecule has 0 radical (unpaired) electrons. The Morgan fingerprint density at radius 2 is 1.38 bits per heavy atom.